The molecule has 3 aromatic rings. The Bertz CT molecular complexity index is 992. The number of carbonyl (C=O) groups is 1. The van der Waals surface area contributed by atoms with Gasteiger partial charge < -0.3 is 9.84 Å². The largest absolute Gasteiger partial charge is 0.491 e. The number of carboxylic acid groups (broad SMARTS) is 1. The topological polar surface area (TPSA) is 46.5 Å². The highest BCUT2D eigenvalue weighted by Crippen LogP contribution is 2.49. The van der Waals surface area contributed by atoms with Crippen LogP contribution in [0, 0.1) is 13.8 Å². The van der Waals surface area contributed by atoms with E-state index < -0.39 is 11.4 Å². The quantitative estimate of drug-likeness (QED) is 0.747. The van der Waals surface area contributed by atoms with Gasteiger partial charge in [-0.1, -0.05) is 60.7 Å². The molecule has 4 rings (SSSR count). The van der Waals surface area contributed by atoms with Crippen LogP contribution in [0.15, 0.2) is 66.7 Å². The van der Waals surface area contributed by atoms with E-state index in [1.165, 1.54) is 11.1 Å². The molecule has 1 atom stereocenters. The van der Waals surface area contributed by atoms with E-state index in [1.54, 1.807) is 12.1 Å². The summed E-state index contributed by atoms with van der Waals surface area (Å²) < 4.78 is 6.00. The van der Waals surface area contributed by atoms with Crippen LogP contribution in [0.25, 0.3) is 0 Å². The van der Waals surface area contributed by atoms with Gasteiger partial charge in [0.25, 0.3) is 0 Å². The number of aromatic carboxylic acids is 1. The smallest absolute Gasteiger partial charge is 0.339 e. The Morgan fingerprint density at radius 2 is 1.69 bits per heavy atom. The van der Waals surface area contributed by atoms with Crippen molar-refractivity contribution in [3.8, 4) is 5.75 Å². The highest BCUT2D eigenvalue weighted by molar-refractivity contribution is 5.92. The van der Waals surface area contributed by atoms with E-state index in [-0.39, 0.29) is 5.56 Å². The van der Waals surface area contributed by atoms with Gasteiger partial charge in [-0.3, -0.25) is 0 Å². The lowest BCUT2D eigenvalue weighted by atomic mass is 9.70. The van der Waals surface area contributed by atoms with E-state index >= 15 is 0 Å². The first-order valence-corrected chi connectivity index (χ1v) is 8.67. The first kappa shape index (κ1) is 16.4. The van der Waals surface area contributed by atoms with E-state index in [4.69, 9.17) is 4.74 Å². The fourth-order valence-electron chi connectivity index (χ4n) is 3.83. The molecule has 0 radical (unpaired) electrons. The molecule has 130 valence electrons. The maximum absolute atomic E-state index is 11.7. The Labute approximate surface area is 152 Å². The Morgan fingerprint density at radius 3 is 2.38 bits per heavy atom. The van der Waals surface area contributed by atoms with Crippen LogP contribution in [0.5, 0.6) is 5.75 Å². The van der Waals surface area contributed by atoms with Gasteiger partial charge in [0.15, 0.2) is 0 Å². The van der Waals surface area contributed by atoms with Gasteiger partial charge >= 0.3 is 5.97 Å². The SMILES string of the molecule is Cc1ccc(C2(c3ccccc3)COc3c(C(=O)O)cccc32)cc1C. The molecule has 1 aliphatic heterocycles. The number of para-hydroxylation sites is 1. The number of ether oxygens (including phenoxy) is 1. The Hall–Kier alpha value is -3.07. The fourth-order valence-corrected chi connectivity index (χ4v) is 3.83. The minimum absolute atomic E-state index is 0.212. The number of aryl methyl sites for hydroxylation is 2. The van der Waals surface area contributed by atoms with Gasteiger partial charge in [0, 0.05) is 5.56 Å². The molecule has 0 aliphatic carbocycles. The molecular formula is C23H20O3. The maximum atomic E-state index is 11.7. The van der Waals surface area contributed by atoms with Crippen LogP contribution in [0.4, 0.5) is 0 Å². The summed E-state index contributed by atoms with van der Waals surface area (Å²) >= 11 is 0. The average molecular weight is 344 g/mol. The van der Waals surface area contributed by atoms with Crippen molar-refractivity contribution in [3.05, 3.63) is 100 Å². The van der Waals surface area contributed by atoms with E-state index in [9.17, 15) is 9.90 Å². The van der Waals surface area contributed by atoms with Crippen molar-refractivity contribution in [2.24, 2.45) is 0 Å². The van der Waals surface area contributed by atoms with Gasteiger partial charge in [0.2, 0.25) is 0 Å². The third kappa shape index (κ3) is 2.31. The number of hydrogen-bond donors (Lipinski definition) is 1. The third-order valence-electron chi connectivity index (χ3n) is 5.40. The second-order valence-electron chi connectivity index (χ2n) is 6.85. The first-order valence-electron chi connectivity index (χ1n) is 8.67. The molecule has 0 aromatic heterocycles. The van der Waals surface area contributed by atoms with Crippen molar-refractivity contribution in [3.63, 3.8) is 0 Å². The second-order valence-corrected chi connectivity index (χ2v) is 6.85. The van der Waals surface area contributed by atoms with Crippen LogP contribution in [0.2, 0.25) is 0 Å². The van der Waals surface area contributed by atoms with Crippen molar-refractivity contribution >= 4 is 5.97 Å². The number of carboxylic acids is 1. The summed E-state index contributed by atoms with van der Waals surface area (Å²) in [5, 5.41) is 9.56. The molecule has 1 aliphatic rings. The zero-order chi connectivity index (χ0) is 18.3. The van der Waals surface area contributed by atoms with Crippen LogP contribution in [0.3, 0.4) is 0 Å². The van der Waals surface area contributed by atoms with Gasteiger partial charge in [-0.05, 0) is 42.2 Å². The first-order chi connectivity index (χ1) is 12.5. The van der Waals surface area contributed by atoms with Crippen LogP contribution in [-0.4, -0.2) is 17.7 Å². The second kappa shape index (κ2) is 6.03. The summed E-state index contributed by atoms with van der Waals surface area (Å²) in [5.41, 5.74) is 5.27. The monoisotopic (exact) mass is 344 g/mol. The van der Waals surface area contributed by atoms with Crippen LogP contribution in [-0.2, 0) is 5.41 Å². The summed E-state index contributed by atoms with van der Waals surface area (Å²) in [6, 6.07) is 22.0. The maximum Gasteiger partial charge on any atom is 0.339 e. The molecule has 0 saturated heterocycles. The Morgan fingerprint density at radius 1 is 0.923 bits per heavy atom. The molecule has 3 aromatic carbocycles. The Balaban J connectivity index is 2.04. The molecule has 1 unspecified atom stereocenters. The minimum atomic E-state index is -0.967. The van der Waals surface area contributed by atoms with E-state index in [1.807, 2.05) is 24.3 Å². The highest BCUT2D eigenvalue weighted by Gasteiger charge is 2.45. The molecule has 0 spiro atoms. The van der Waals surface area contributed by atoms with Crippen molar-refractivity contribution < 1.29 is 14.6 Å². The van der Waals surface area contributed by atoms with Crippen molar-refractivity contribution in [2.45, 2.75) is 19.3 Å². The van der Waals surface area contributed by atoms with Gasteiger partial charge in [0.05, 0.1) is 5.41 Å². The van der Waals surface area contributed by atoms with Crippen molar-refractivity contribution in [1.82, 2.24) is 0 Å². The van der Waals surface area contributed by atoms with E-state index in [0.29, 0.717) is 12.4 Å². The fraction of sp³-hybridized carbons (Fsp3) is 0.174. The molecule has 1 heterocycles. The van der Waals surface area contributed by atoms with E-state index in [2.05, 4.69) is 44.2 Å². The van der Waals surface area contributed by atoms with Crippen molar-refractivity contribution in [2.75, 3.05) is 6.61 Å². The minimum Gasteiger partial charge on any atom is -0.491 e. The lowest BCUT2D eigenvalue weighted by Crippen LogP contribution is -2.31. The Kier molecular flexibility index (Phi) is 3.80. The van der Waals surface area contributed by atoms with Gasteiger partial charge in [0.1, 0.15) is 17.9 Å². The summed E-state index contributed by atoms with van der Waals surface area (Å²) in [7, 11) is 0. The molecule has 3 nitrogen and oxygen atoms in total. The third-order valence-corrected chi connectivity index (χ3v) is 5.40. The predicted octanol–water partition coefficient (Wildman–Crippen LogP) is 4.73. The number of fused-ring (bicyclic) bond motifs is 1. The normalized spacial score (nSPS) is 18.2. The van der Waals surface area contributed by atoms with E-state index in [0.717, 1.165) is 16.7 Å². The number of rotatable bonds is 3. The lowest BCUT2D eigenvalue weighted by molar-refractivity contribution is 0.0693. The molecule has 26 heavy (non-hydrogen) atoms. The summed E-state index contributed by atoms with van der Waals surface area (Å²) in [4.78, 5) is 11.7. The standard InChI is InChI=1S/C23H20O3/c1-15-11-12-18(13-16(15)2)23(17-7-4-3-5-8-17)14-26-21-19(22(24)25)9-6-10-20(21)23/h3-13H,14H2,1-2H3,(H,24,25). The van der Waals surface area contributed by atoms with Gasteiger partial charge in [-0.2, -0.15) is 0 Å². The van der Waals surface area contributed by atoms with Crippen LogP contribution < -0.4 is 4.74 Å². The van der Waals surface area contributed by atoms with Gasteiger partial charge in [-0.15, -0.1) is 0 Å². The number of benzene rings is 3. The van der Waals surface area contributed by atoms with Gasteiger partial charge in [-0.25, -0.2) is 4.79 Å². The average Bonchev–Trinajstić information content (AvgIpc) is 3.05. The highest BCUT2D eigenvalue weighted by atomic mass is 16.5. The summed E-state index contributed by atoms with van der Waals surface area (Å²) in [6.07, 6.45) is 0. The zero-order valence-electron chi connectivity index (χ0n) is 14.8. The van der Waals surface area contributed by atoms with Crippen molar-refractivity contribution in [1.29, 1.82) is 0 Å². The molecule has 0 bridgehead atoms. The number of hydrogen-bond acceptors (Lipinski definition) is 2. The summed E-state index contributed by atoms with van der Waals surface area (Å²) in [6.45, 7) is 4.58. The molecule has 3 heteroatoms. The molecule has 0 saturated carbocycles. The lowest BCUT2D eigenvalue weighted by Gasteiger charge is -2.30. The molecule has 1 N–H and O–H groups in total. The van der Waals surface area contributed by atoms with Crippen LogP contribution in [0.1, 0.15) is 38.2 Å². The zero-order valence-corrected chi connectivity index (χ0v) is 14.8. The molecular weight excluding hydrogens is 324 g/mol. The molecule has 0 fully saturated rings. The predicted molar refractivity (Wildman–Crippen MR) is 101 cm³/mol. The molecule has 0 amide bonds. The van der Waals surface area contributed by atoms with Crippen LogP contribution >= 0.6 is 0 Å². The summed E-state index contributed by atoms with van der Waals surface area (Å²) in [5.74, 6) is -0.493.